The molecule has 2 atom stereocenters. The molecule has 0 saturated carbocycles. The zero-order valence-electron chi connectivity index (χ0n) is 8.63. The van der Waals surface area contributed by atoms with Gasteiger partial charge in [0.25, 0.3) is 0 Å². The third-order valence-corrected chi connectivity index (χ3v) is 2.90. The van der Waals surface area contributed by atoms with Gasteiger partial charge in [0.05, 0.1) is 0 Å². The number of nitrogens with two attached hydrogens (primary N) is 1. The van der Waals surface area contributed by atoms with E-state index in [0.29, 0.717) is 6.04 Å². The number of hydrogen-bond acceptors (Lipinski definition) is 3. The fourth-order valence-corrected chi connectivity index (χ4v) is 2.04. The van der Waals surface area contributed by atoms with Gasteiger partial charge in [-0.15, -0.1) is 0 Å². The van der Waals surface area contributed by atoms with Crippen LogP contribution in [-0.4, -0.2) is 42.5 Å². The molecule has 0 aromatic rings. The third-order valence-electron chi connectivity index (χ3n) is 2.90. The number of carbonyl (C=O) groups excluding carboxylic acids is 1. The molecule has 2 unspecified atom stereocenters. The number of likely N-dealkylation sites (tertiary alicyclic amines) is 1. The van der Waals surface area contributed by atoms with Gasteiger partial charge in [-0.05, 0) is 26.9 Å². The summed E-state index contributed by atoms with van der Waals surface area (Å²) in [6, 6.07) is 0.423. The Bertz CT molecular complexity index is 195. The molecule has 1 saturated heterocycles. The zero-order chi connectivity index (χ0) is 10.1. The van der Waals surface area contributed by atoms with Crippen molar-refractivity contribution in [1.29, 1.82) is 0 Å². The van der Waals surface area contributed by atoms with Gasteiger partial charge in [-0.25, -0.2) is 0 Å². The minimum absolute atomic E-state index is 0.231. The molecular formula is C9H19N3O. The number of primary amides is 1. The molecule has 0 aromatic heterocycles. The Balaban J connectivity index is 2.76. The summed E-state index contributed by atoms with van der Waals surface area (Å²) >= 11 is 0. The van der Waals surface area contributed by atoms with Crippen LogP contribution >= 0.6 is 0 Å². The number of rotatable bonds is 3. The maximum atomic E-state index is 11.3. The lowest BCUT2D eigenvalue weighted by molar-refractivity contribution is -0.123. The van der Waals surface area contributed by atoms with Gasteiger partial charge in [-0.2, -0.15) is 0 Å². The number of likely N-dealkylation sites (N-methyl/N-ethyl adjacent to an activating group) is 2. The highest BCUT2D eigenvalue weighted by atomic mass is 16.1. The van der Waals surface area contributed by atoms with Crippen molar-refractivity contribution in [3.05, 3.63) is 0 Å². The Kier molecular flexibility index (Phi) is 2.93. The zero-order valence-corrected chi connectivity index (χ0v) is 8.63. The summed E-state index contributed by atoms with van der Waals surface area (Å²) in [6.45, 7) is 5.61. The van der Waals surface area contributed by atoms with Gasteiger partial charge in [0.2, 0.25) is 5.91 Å². The van der Waals surface area contributed by atoms with E-state index in [1.54, 1.807) is 0 Å². The van der Waals surface area contributed by atoms with Crippen molar-refractivity contribution in [3.8, 4) is 0 Å². The number of nitrogens with zero attached hydrogens (tertiary/aromatic N) is 1. The summed E-state index contributed by atoms with van der Waals surface area (Å²) in [4.78, 5) is 13.5. The predicted octanol–water partition coefficient (Wildman–Crippen LogP) is -0.456. The highest BCUT2D eigenvalue weighted by molar-refractivity contribution is 5.85. The van der Waals surface area contributed by atoms with Crippen LogP contribution in [0.1, 0.15) is 20.3 Å². The molecule has 0 spiro atoms. The lowest BCUT2D eigenvalue weighted by atomic mass is 9.95. The largest absolute Gasteiger partial charge is 0.368 e. The summed E-state index contributed by atoms with van der Waals surface area (Å²) in [5.41, 5.74) is 4.92. The van der Waals surface area contributed by atoms with E-state index in [4.69, 9.17) is 5.73 Å². The van der Waals surface area contributed by atoms with E-state index in [1.165, 1.54) is 0 Å². The maximum Gasteiger partial charge on any atom is 0.239 e. The van der Waals surface area contributed by atoms with E-state index in [1.807, 2.05) is 14.0 Å². The molecule has 0 radical (unpaired) electrons. The molecule has 76 valence electrons. The Hall–Kier alpha value is -0.610. The SMILES string of the molecule is CCNC1(C(N)=O)CC(C)N(C)C1. The third kappa shape index (κ3) is 1.84. The summed E-state index contributed by atoms with van der Waals surface area (Å²) in [7, 11) is 2.02. The van der Waals surface area contributed by atoms with E-state index in [0.717, 1.165) is 19.5 Å². The lowest BCUT2D eigenvalue weighted by Crippen LogP contribution is -2.56. The highest BCUT2D eigenvalue weighted by Gasteiger charge is 2.44. The standard InChI is InChI=1S/C9H19N3O/c1-4-11-9(8(10)13)5-7(2)12(3)6-9/h7,11H,4-6H2,1-3H3,(H2,10,13). The van der Waals surface area contributed by atoms with Crippen LogP contribution in [0.15, 0.2) is 0 Å². The van der Waals surface area contributed by atoms with Crippen LogP contribution in [0.5, 0.6) is 0 Å². The van der Waals surface area contributed by atoms with Gasteiger partial charge >= 0.3 is 0 Å². The molecule has 4 heteroatoms. The van der Waals surface area contributed by atoms with Crippen LogP contribution in [0.2, 0.25) is 0 Å². The summed E-state index contributed by atoms with van der Waals surface area (Å²) in [6.07, 6.45) is 0.812. The Morgan fingerprint density at radius 2 is 2.38 bits per heavy atom. The van der Waals surface area contributed by atoms with E-state index in [9.17, 15) is 4.79 Å². The van der Waals surface area contributed by atoms with Gasteiger partial charge in [-0.1, -0.05) is 6.92 Å². The predicted molar refractivity (Wildman–Crippen MR) is 52.3 cm³/mol. The minimum atomic E-state index is -0.497. The average molecular weight is 185 g/mol. The van der Waals surface area contributed by atoms with E-state index in [2.05, 4.69) is 17.1 Å². The highest BCUT2D eigenvalue weighted by Crippen LogP contribution is 2.25. The van der Waals surface area contributed by atoms with E-state index in [-0.39, 0.29) is 5.91 Å². The van der Waals surface area contributed by atoms with E-state index >= 15 is 0 Å². The van der Waals surface area contributed by atoms with Gasteiger partial charge in [0, 0.05) is 12.6 Å². The first-order chi connectivity index (χ1) is 6.02. The second-order valence-corrected chi connectivity index (χ2v) is 3.94. The van der Waals surface area contributed by atoms with Crippen molar-refractivity contribution >= 4 is 5.91 Å². The smallest absolute Gasteiger partial charge is 0.239 e. The Morgan fingerprint density at radius 3 is 2.69 bits per heavy atom. The molecule has 1 heterocycles. The summed E-state index contributed by atoms with van der Waals surface area (Å²) in [5.74, 6) is -0.231. The van der Waals surface area contributed by atoms with Gasteiger partial charge in [-0.3, -0.25) is 4.79 Å². The molecule has 0 bridgehead atoms. The van der Waals surface area contributed by atoms with Crippen molar-refractivity contribution in [1.82, 2.24) is 10.2 Å². The Morgan fingerprint density at radius 1 is 1.77 bits per heavy atom. The van der Waals surface area contributed by atoms with Gasteiger partial charge < -0.3 is 16.0 Å². The van der Waals surface area contributed by atoms with Crippen LogP contribution in [-0.2, 0) is 4.79 Å². The second-order valence-electron chi connectivity index (χ2n) is 3.94. The molecule has 1 rings (SSSR count). The Labute approximate surface area is 79.5 Å². The second kappa shape index (κ2) is 3.64. The van der Waals surface area contributed by atoms with Crippen molar-refractivity contribution in [3.63, 3.8) is 0 Å². The summed E-state index contributed by atoms with van der Waals surface area (Å²) in [5, 5.41) is 3.20. The van der Waals surface area contributed by atoms with Gasteiger partial charge in [0.15, 0.2) is 0 Å². The first kappa shape index (κ1) is 10.5. The molecular weight excluding hydrogens is 166 g/mol. The number of nitrogens with one attached hydrogen (secondary N) is 1. The molecule has 0 aliphatic carbocycles. The monoisotopic (exact) mass is 185 g/mol. The minimum Gasteiger partial charge on any atom is -0.368 e. The van der Waals surface area contributed by atoms with Crippen LogP contribution < -0.4 is 11.1 Å². The van der Waals surface area contributed by atoms with Crippen LogP contribution in [0.25, 0.3) is 0 Å². The first-order valence-corrected chi connectivity index (χ1v) is 4.77. The number of hydrogen-bond donors (Lipinski definition) is 2. The normalized spacial score (nSPS) is 35.2. The van der Waals surface area contributed by atoms with Crippen molar-refractivity contribution in [2.75, 3.05) is 20.1 Å². The van der Waals surface area contributed by atoms with Crippen LogP contribution in [0, 0.1) is 0 Å². The fraction of sp³-hybridized carbons (Fsp3) is 0.889. The molecule has 1 aliphatic rings. The molecule has 1 fully saturated rings. The van der Waals surface area contributed by atoms with Gasteiger partial charge in [0.1, 0.15) is 5.54 Å². The van der Waals surface area contributed by atoms with Crippen LogP contribution in [0.3, 0.4) is 0 Å². The molecule has 13 heavy (non-hydrogen) atoms. The van der Waals surface area contributed by atoms with Crippen molar-refractivity contribution in [2.24, 2.45) is 5.73 Å². The lowest BCUT2D eigenvalue weighted by Gasteiger charge is -2.25. The average Bonchev–Trinajstić information content (AvgIpc) is 2.29. The maximum absolute atomic E-state index is 11.3. The molecule has 0 aromatic carbocycles. The number of carbonyl (C=O) groups is 1. The molecule has 3 N–H and O–H groups in total. The topological polar surface area (TPSA) is 58.4 Å². The van der Waals surface area contributed by atoms with Crippen molar-refractivity contribution in [2.45, 2.75) is 31.8 Å². The fourth-order valence-electron chi connectivity index (χ4n) is 2.04. The molecule has 1 amide bonds. The van der Waals surface area contributed by atoms with Crippen LogP contribution in [0.4, 0.5) is 0 Å². The first-order valence-electron chi connectivity index (χ1n) is 4.77. The molecule has 4 nitrogen and oxygen atoms in total. The van der Waals surface area contributed by atoms with E-state index < -0.39 is 5.54 Å². The number of amides is 1. The molecule has 1 aliphatic heterocycles. The summed E-state index contributed by atoms with van der Waals surface area (Å²) < 4.78 is 0. The van der Waals surface area contributed by atoms with Crippen molar-refractivity contribution < 1.29 is 4.79 Å². The quantitative estimate of drug-likeness (QED) is 0.626.